The molecule has 0 aliphatic heterocycles. The number of nitrogens with one attached hydrogen (secondary N) is 1. The summed E-state index contributed by atoms with van der Waals surface area (Å²) >= 11 is 2.84. The van der Waals surface area contributed by atoms with E-state index in [9.17, 15) is 10.1 Å². The van der Waals surface area contributed by atoms with Crippen molar-refractivity contribution in [1.29, 1.82) is 5.26 Å². The second-order valence-corrected chi connectivity index (χ2v) is 8.87. The van der Waals surface area contributed by atoms with Gasteiger partial charge in [-0.1, -0.05) is 48.5 Å². The molecule has 7 nitrogen and oxygen atoms in total. The molecule has 2 aromatic heterocycles. The molecule has 1 aliphatic carbocycles. The average molecular weight is 425 g/mol. The van der Waals surface area contributed by atoms with Gasteiger partial charge in [0, 0.05) is 4.88 Å². The van der Waals surface area contributed by atoms with Gasteiger partial charge in [0.15, 0.2) is 0 Å². The van der Waals surface area contributed by atoms with Gasteiger partial charge in [-0.2, -0.15) is 5.26 Å². The van der Waals surface area contributed by atoms with Crippen molar-refractivity contribution in [3.05, 3.63) is 51.9 Å². The van der Waals surface area contributed by atoms with Crippen LogP contribution in [0.2, 0.25) is 0 Å². The number of tetrazole rings is 1. The van der Waals surface area contributed by atoms with Crippen molar-refractivity contribution in [3.63, 3.8) is 0 Å². The van der Waals surface area contributed by atoms with Crippen LogP contribution in [0.15, 0.2) is 35.5 Å². The predicted molar refractivity (Wildman–Crippen MR) is 113 cm³/mol. The van der Waals surface area contributed by atoms with Crippen LogP contribution in [0.5, 0.6) is 0 Å². The van der Waals surface area contributed by atoms with E-state index in [2.05, 4.69) is 26.9 Å². The maximum atomic E-state index is 12.5. The molecule has 0 saturated heterocycles. The van der Waals surface area contributed by atoms with Crippen LogP contribution >= 0.6 is 23.1 Å². The number of thioether (sulfide) groups is 1. The largest absolute Gasteiger partial charge is 0.316 e. The standard InChI is InChI=1S/C20H20N6OS2/c21-11-16-15-9-5-2-6-10-17(15)29-19(16)22-18(27)13-28-20-23-24-25-26(20)12-14-7-3-1-4-8-14/h1,3-4,7-8H,2,5-6,9-10,12-13H2,(H,22,27). The minimum atomic E-state index is -0.155. The fraction of sp³-hybridized carbons (Fsp3) is 0.350. The number of amides is 1. The topological polar surface area (TPSA) is 96.5 Å². The monoisotopic (exact) mass is 424 g/mol. The highest BCUT2D eigenvalue weighted by atomic mass is 32.2. The van der Waals surface area contributed by atoms with Gasteiger partial charge < -0.3 is 5.32 Å². The zero-order valence-corrected chi connectivity index (χ0v) is 17.4. The Morgan fingerprint density at radius 3 is 2.90 bits per heavy atom. The summed E-state index contributed by atoms with van der Waals surface area (Å²) in [6.45, 7) is 0.550. The molecule has 0 radical (unpaired) electrons. The van der Waals surface area contributed by atoms with E-state index in [1.165, 1.54) is 23.1 Å². The quantitative estimate of drug-likeness (QED) is 0.479. The summed E-state index contributed by atoms with van der Waals surface area (Å²) in [6.07, 6.45) is 5.36. The van der Waals surface area contributed by atoms with E-state index in [0.717, 1.165) is 36.8 Å². The van der Waals surface area contributed by atoms with Crippen molar-refractivity contribution >= 4 is 34.0 Å². The maximum absolute atomic E-state index is 12.5. The molecule has 9 heteroatoms. The van der Waals surface area contributed by atoms with Crippen molar-refractivity contribution in [2.75, 3.05) is 11.1 Å². The first-order valence-corrected chi connectivity index (χ1v) is 11.3. The number of nitrogens with zero attached hydrogens (tertiary/aromatic N) is 5. The molecule has 3 aromatic rings. The van der Waals surface area contributed by atoms with E-state index < -0.39 is 0 Å². The Morgan fingerprint density at radius 1 is 1.24 bits per heavy atom. The molecule has 0 unspecified atom stereocenters. The molecule has 0 atom stereocenters. The lowest BCUT2D eigenvalue weighted by Crippen LogP contribution is -2.15. The lowest BCUT2D eigenvalue weighted by atomic mass is 10.1. The van der Waals surface area contributed by atoms with Gasteiger partial charge in [0.1, 0.15) is 11.1 Å². The molecule has 0 saturated carbocycles. The second-order valence-electron chi connectivity index (χ2n) is 6.82. The molecular formula is C20H20N6OS2. The maximum Gasteiger partial charge on any atom is 0.235 e. The second kappa shape index (κ2) is 9.20. The van der Waals surface area contributed by atoms with Crippen LogP contribution in [-0.2, 0) is 24.2 Å². The summed E-state index contributed by atoms with van der Waals surface area (Å²) in [7, 11) is 0. The molecular weight excluding hydrogens is 404 g/mol. The number of hydrogen-bond acceptors (Lipinski definition) is 7. The van der Waals surface area contributed by atoms with Crippen LogP contribution in [0.3, 0.4) is 0 Å². The molecule has 1 N–H and O–H groups in total. The molecule has 1 aliphatic rings. The Morgan fingerprint density at radius 2 is 2.07 bits per heavy atom. The molecule has 0 fully saturated rings. The van der Waals surface area contributed by atoms with Gasteiger partial charge in [0.2, 0.25) is 11.1 Å². The first kappa shape index (κ1) is 19.6. The first-order chi connectivity index (χ1) is 14.2. The van der Waals surface area contributed by atoms with Crippen LogP contribution in [0.4, 0.5) is 5.00 Å². The summed E-state index contributed by atoms with van der Waals surface area (Å²) < 4.78 is 1.68. The highest BCUT2D eigenvalue weighted by molar-refractivity contribution is 7.99. The van der Waals surface area contributed by atoms with E-state index in [4.69, 9.17) is 0 Å². The van der Waals surface area contributed by atoms with Crippen molar-refractivity contribution in [3.8, 4) is 6.07 Å². The summed E-state index contributed by atoms with van der Waals surface area (Å²) in [5, 5.41) is 25.6. The van der Waals surface area contributed by atoms with Gasteiger partial charge in [-0.05, 0) is 47.2 Å². The summed E-state index contributed by atoms with van der Waals surface area (Å²) in [4.78, 5) is 13.8. The Balaban J connectivity index is 1.39. The molecule has 4 rings (SSSR count). The number of fused-ring (bicyclic) bond motifs is 1. The van der Waals surface area contributed by atoms with Gasteiger partial charge in [0.05, 0.1) is 17.9 Å². The van der Waals surface area contributed by atoms with E-state index in [1.54, 1.807) is 16.0 Å². The minimum Gasteiger partial charge on any atom is -0.316 e. The third kappa shape index (κ3) is 4.66. The SMILES string of the molecule is N#Cc1c(NC(=O)CSc2nnnn2Cc2ccccc2)sc2c1CCCCC2. The Bertz CT molecular complexity index is 1040. The number of benzene rings is 1. The van der Waals surface area contributed by atoms with Gasteiger partial charge in [-0.15, -0.1) is 16.4 Å². The van der Waals surface area contributed by atoms with Crippen LogP contribution in [0.25, 0.3) is 0 Å². The van der Waals surface area contributed by atoms with Crippen LogP contribution in [0.1, 0.15) is 40.8 Å². The lowest BCUT2D eigenvalue weighted by molar-refractivity contribution is -0.113. The number of anilines is 1. The average Bonchev–Trinajstić information content (AvgIpc) is 3.23. The van der Waals surface area contributed by atoms with E-state index in [1.807, 2.05) is 30.3 Å². The number of rotatable bonds is 6. The van der Waals surface area contributed by atoms with E-state index in [-0.39, 0.29) is 11.7 Å². The molecule has 148 valence electrons. The highest BCUT2D eigenvalue weighted by Crippen LogP contribution is 2.37. The number of aryl methyl sites for hydroxylation is 1. The number of hydrogen-bond donors (Lipinski definition) is 1. The molecule has 0 bridgehead atoms. The number of nitriles is 1. The fourth-order valence-electron chi connectivity index (χ4n) is 3.40. The van der Waals surface area contributed by atoms with Gasteiger partial charge in [-0.3, -0.25) is 4.79 Å². The van der Waals surface area contributed by atoms with Gasteiger partial charge >= 0.3 is 0 Å². The molecule has 0 spiro atoms. The fourth-order valence-corrected chi connectivity index (χ4v) is 5.33. The summed E-state index contributed by atoms with van der Waals surface area (Å²) in [5.41, 5.74) is 2.86. The minimum absolute atomic E-state index is 0.155. The lowest BCUT2D eigenvalue weighted by Gasteiger charge is -2.05. The van der Waals surface area contributed by atoms with Crippen LogP contribution < -0.4 is 5.32 Å². The Hall–Kier alpha value is -2.70. The molecule has 1 amide bonds. The predicted octanol–water partition coefficient (Wildman–Crippen LogP) is 3.65. The molecule has 29 heavy (non-hydrogen) atoms. The van der Waals surface area contributed by atoms with Gasteiger partial charge in [0.25, 0.3) is 0 Å². The third-order valence-corrected chi connectivity index (χ3v) is 6.96. The zero-order valence-electron chi connectivity index (χ0n) is 15.8. The van der Waals surface area contributed by atoms with Crippen LogP contribution in [-0.4, -0.2) is 31.9 Å². The zero-order chi connectivity index (χ0) is 20.1. The number of aromatic nitrogens is 4. The number of carbonyl (C=O) groups excluding carboxylic acids is 1. The van der Waals surface area contributed by atoms with Crippen molar-refractivity contribution in [1.82, 2.24) is 20.2 Å². The Kier molecular flexibility index (Phi) is 6.22. The normalized spacial score (nSPS) is 13.3. The van der Waals surface area contributed by atoms with E-state index in [0.29, 0.717) is 22.3 Å². The molecule has 1 aromatic carbocycles. The van der Waals surface area contributed by atoms with E-state index >= 15 is 0 Å². The first-order valence-electron chi connectivity index (χ1n) is 9.52. The highest BCUT2D eigenvalue weighted by Gasteiger charge is 2.21. The number of thiophene rings is 1. The van der Waals surface area contributed by atoms with Crippen molar-refractivity contribution < 1.29 is 4.79 Å². The van der Waals surface area contributed by atoms with Crippen LogP contribution in [0, 0.1) is 11.3 Å². The van der Waals surface area contributed by atoms with Gasteiger partial charge in [-0.25, -0.2) is 4.68 Å². The summed E-state index contributed by atoms with van der Waals surface area (Å²) in [6, 6.07) is 12.2. The third-order valence-electron chi connectivity index (χ3n) is 4.79. The molecule has 2 heterocycles. The van der Waals surface area contributed by atoms with Crippen molar-refractivity contribution in [2.45, 2.75) is 43.8 Å². The van der Waals surface area contributed by atoms with Crippen molar-refractivity contribution in [2.24, 2.45) is 0 Å². The smallest absolute Gasteiger partial charge is 0.235 e. The summed E-state index contributed by atoms with van der Waals surface area (Å²) in [5.74, 6) is 0.0277. The Labute approximate surface area is 177 Å². The number of carbonyl (C=O) groups is 1.